The van der Waals surface area contributed by atoms with Crippen molar-refractivity contribution in [3.8, 4) is 0 Å². The fourth-order valence-corrected chi connectivity index (χ4v) is 3.00. The molecular weight excluding hydrogens is 250 g/mol. The number of benzene rings is 1. The van der Waals surface area contributed by atoms with Crippen molar-refractivity contribution in [1.29, 1.82) is 0 Å². The molecule has 3 rings (SSSR count). The first-order valence-corrected chi connectivity index (χ1v) is 7.51. The Labute approximate surface area is 118 Å². The first-order valence-electron chi connectivity index (χ1n) is 7.51. The number of H-pyrrole nitrogens is 1. The zero-order valence-electron chi connectivity index (χ0n) is 11.7. The highest BCUT2D eigenvalue weighted by atomic mass is 16.1. The van der Waals surface area contributed by atoms with Crippen LogP contribution in [0.1, 0.15) is 37.9 Å². The zero-order valence-corrected chi connectivity index (χ0v) is 11.7. The SMILES string of the molecule is O=c1[nH]c(CNCC2CCCCC2)nc2ccccc12. The molecule has 0 unspecified atom stereocenters. The molecule has 1 heterocycles. The molecule has 0 atom stereocenters. The molecule has 0 amide bonds. The van der Waals surface area contributed by atoms with Crippen LogP contribution in [0.4, 0.5) is 0 Å². The molecule has 0 aliphatic heterocycles. The normalized spacial score (nSPS) is 16.6. The lowest BCUT2D eigenvalue weighted by Crippen LogP contribution is -2.26. The van der Waals surface area contributed by atoms with E-state index in [0.717, 1.165) is 23.8 Å². The van der Waals surface area contributed by atoms with E-state index < -0.39 is 0 Å². The summed E-state index contributed by atoms with van der Waals surface area (Å²) in [5, 5.41) is 4.09. The smallest absolute Gasteiger partial charge is 0.258 e. The third kappa shape index (κ3) is 3.07. The Morgan fingerprint density at radius 1 is 1.20 bits per heavy atom. The van der Waals surface area contributed by atoms with Crippen molar-refractivity contribution in [2.45, 2.75) is 38.6 Å². The van der Waals surface area contributed by atoms with Crippen LogP contribution in [0.5, 0.6) is 0 Å². The Hall–Kier alpha value is -1.68. The fraction of sp³-hybridized carbons (Fsp3) is 0.500. The maximum Gasteiger partial charge on any atom is 0.258 e. The first-order chi connectivity index (χ1) is 9.83. The third-order valence-electron chi connectivity index (χ3n) is 4.11. The van der Waals surface area contributed by atoms with E-state index in [2.05, 4.69) is 15.3 Å². The van der Waals surface area contributed by atoms with Gasteiger partial charge in [0.15, 0.2) is 0 Å². The molecule has 1 fully saturated rings. The van der Waals surface area contributed by atoms with Crippen LogP contribution in [0.2, 0.25) is 0 Å². The molecular formula is C16H21N3O. The second kappa shape index (κ2) is 6.18. The van der Waals surface area contributed by atoms with Gasteiger partial charge in [-0.05, 0) is 37.4 Å². The van der Waals surface area contributed by atoms with Crippen LogP contribution >= 0.6 is 0 Å². The summed E-state index contributed by atoms with van der Waals surface area (Å²) in [5.41, 5.74) is 0.718. The summed E-state index contributed by atoms with van der Waals surface area (Å²) in [7, 11) is 0. The lowest BCUT2D eigenvalue weighted by Gasteiger charge is -2.21. The van der Waals surface area contributed by atoms with Crippen LogP contribution in [0.25, 0.3) is 10.9 Å². The van der Waals surface area contributed by atoms with Crippen molar-refractivity contribution in [1.82, 2.24) is 15.3 Å². The molecule has 1 aliphatic rings. The zero-order chi connectivity index (χ0) is 13.8. The number of fused-ring (bicyclic) bond motifs is 1. The topological polar surface area (TPSA) is 57.8 Å². The van der Waals surface area contributed by atoms with Gasteiger partial charge in [-0.25, -0.2) is 4.98 Å². The number of hydrogen-bond acceptors (Lipinski definition) is 3. The predicted molar refractivity (Wildman–Crippen MR) is 80.6 cm³/mol. The van der Waals surface area contributed by atoms with Crippen LogP contribution in [0.15, 0.2) is 29.1 Å². The van der Waals surface area contributed by atoms with Gasteiger partial charge in [0.25, 0.3) is 5.56 Å². The number of aromatic nitrogens is 2. The molecule has 2 aromatic rings. The molecule has 1 aromatic heterocycles. The third-order valence-corrected chi connectivity index (χ3v) is 4.11. The monoisotopic (exact) mass is 271 g/mol. The average Bonchev–Trinajstić information content (AvgIpc) is 2.48. The maximum absolute atomic E-state index is 11.9. The molecule has 0 spiro atoms. The van der Waals surface area contributed by atoms with Crippen molar-refractivity contribution in [2.75, 3.05) is 6.54 Å². The molecule has 1 aromatic carbocycles. The van der Waals surface area contributed by atoms with Gasteiger partial charge in [-0.1, -0.05) is 31.4 Å². The van der Waals surface area contributed by atoms with Gasteiger partial charge in [0, 0.05) is 0 Å². The molecule has 106 valence electrons. The summed E-state index contributed by atoms with van der Waals surface area (Å²) in [6.45, 7) is 1.66. The van der Waals surface area contributed by atoms with Crippen molar-refractivity contribution in [3.05, 3.63) is 40.4 Å². The van der Waals surface area contributed by atoms with Crippen LogP contribution in [-0.2, 0) is 6.54 Å². The number of aromatic amines is 1. The van der Waals surface area contributed by atoms with Gasteiger partial charge in [0.05, 0.1) is 17.4 Å². The van der Waals surface area contributed by atoms with Gasteiger partial charge in [0.2, 0.25) is 0 Å². The number of nitrogens with zero attached hydrogens (tertiary/aromatic N) is 1. The van der Waals surface area contributed by atoms with Crippen LogP contribution < -0.4 is 10.9 Å². The van der Waals surface area contributed by atoms with Crippen LogP contribution in [-0.4, -0.2) is 16.5 Å². The van der Waals surface area contributed by atoms with Gasteiger partial charge in [0.1, 0.15) is 5.82 Å². The standard InChI is InChI=1S/C16H21N3O/c20-16-13-8-4-5-9-14(13)18-15(19-16)11-17-10-12-6-2-1-3-7-12/h4-5,8-9,12,17H,1-3,6-7,10-11H2,(H,18,19,20). The second-order valence-corrected chi connectivity index (χ2v) is 5.66. The van der Waals surface area contributed by atoms with Gasteiger partial charge in [-0.15, -0.1) is 0 Å². The van der Waals surface area contributed by atoms with E-state index in [-0.39, 0.29) is 5.56 Å². The molecule has 0 bridgehead atoms. The molecule has 0 saturated heterocycles. The lowest BCUT2D eigenvalue weighted by molar-refractivity contribution is 0.341. The molecule has 1 saturated carbocycles. The summed E-state index contributed by atoms with van der Waals surface area (Å²) in [4.78, 5) is 19.3. The molecule has 2 N–H and O–H groups in total. The minimum atomic E-state index is -0.0509. The molecule has 0 radical (unpaired) electrons. The van der Waals surface area contributed by atoms with E-state index in [1.54, 1.807) is 6.07 Å². The van der Waals surface area contributed by atoms with E-state index in [9.17, 15) is 4.79 Å². The number of nitrogens with one attached hydrogen (secondary N) is 2. The number of para-hydroxylation sites is 1. The minimum Gasteiger partial charge on any atom is -0.310 e. The highest BCUT2D eigenvalue weighted by Gasteiger charge is 2.12. The quantitative estimate of drug-likeness (QED) is 0.898. The van der Waals surface area contributed by atoms with Crippen molar-refractivity contribution < 1.29 is 0 Å². The molecule has 20 heavy (non-hydrogen) atoms. The van der Waals surface area contributed by atoms with E-state index in [1.807, 2.05) is 18.2 Å². The summed E-state index contributed by atoms with van der Waals surface area (Å²) in [6.07, 6.45) is 6.76. The Balaban J connectivity index is 1.64. The molecule has 4 heteroatoms. The van der Waals surface area contributed by atoms with E-state index in [0.29, 0.717) is 11.9 Å². The van der Waals surface area contributed by atoms with Crippen molar-refractivity contribution >= 4 is 10.9 Å². The summed E-state index contributed by atoms with van der Waals surface area (Å²) in [5.74, 6) is 1.51. The van der Waals surface area contributed by atoms with Gasteiger partial charge in [-0.2, -0.15) is 0 Å². The molecule has 1 aliphatic carbocycles. The highest BCUT2D eigenvalue weighted by molar-refractivity contribution is 5.77. The Morgan fingerprint density at radius 3 is 2.85 bits per heavy atom. The summed E-state index contributed by atoms with van der Waals surface area (Å²) in [6, 6.07) is 7.46. The van der Waals surface area contributed by atoms with Crippen molar-refractivity contribution in [3.63, 3.8) is 0 Å². The van der Waals surface area contributed by atoms with Crippen molar-refractivity contribution in [2.24, 2.45) is 5.92 Å². The Morgan fingerprint density at radius 2 is 2.00 bits per heavy atom. The first kappa shape index (κ1) is 13.3. The predicted octanol–water partition coefficient (Wildman–Crippen LogP) is 2.59. The van der Waals surface area contributed by atoms with E-state index in [1.165, 1.54) is 32.1 Å². The van der Waals surface area contributed by atoms with Crippen LogP contribution in [0, 0.1) is 5.92 Å². The van der Waals surface area contributed by atoms with E-state index >= 15 is 0 Å². The lowest BCUT2D eigenvalue weighted by atomic mass is 9.89. The Bertz CT molecular complexity index is 629. The minimum absolute atomic E-state index is 0.0509. The second-order valence-electron chi connectivity index (χ2n) is 5.66. The van der Waals surface area contributed by atoms with Gasteiger partial charge < -0.3 is 10.3 Å². The number of hydrogen-bond donors (Lipinski definition) is 2. The maximum atomic E-state index is 11.9. The Kier molecular flexibility index (Phi) is 4.11. The van der Waals surface area contributed by atoms with Crippen LogP contribution in [0.3, 0.4) is 0 Å². The largest absolute Gasteiger partial charge is 0.310 e. The van der Waals surface area contributed by atoms with Gasteiger partial charge >= 0.3 is 0 Å². The number of rotatable bonds is 4. The summed E-state index contributed by atoms with van der Waals surface area (Å²) < 4.78 is 0. The van der Waals surface area contributed by atoms with E-state index in [4.69, 9.17) is 0 Å². The summed E-state index contributed by atoms with van der Waals surface area (Å²) >= 11 is 0. The fourth-order valence-electron chi connectivity index (χ4n) is 3.00. The van der Waals surface area contributed by atoms with Gasteiger partial charge in [-0.3, -0.25) is 4.79 Å². The highest BCUT2D eigenvalue weighted by Crippen LogP contribution is 2.22. The average molecular weight is 271 g/mol. The molecule has 4 nitrogen and oxygen atoms in total.